The van der Waals surface area contributed by atoms with Crippen molar-refractivity contribution in [2.75, 3.05) is 31.5 Å². The predicted molar refractivity (Wildman–Crippen MR) is 129 cm³/mol. The molecule has 2 N–H and O–H groups in total. The number of carbonyl (C=O) groups excluding carboxylic acids is 1. The number of piperazine rings is 1. The average Bonchev–Trinajstić information content (AvgIpc) is 3.26. The Hall–Kier alpha value is -3.19. The maximum Gasteiger partial charge on any atom is 0.255 e. The van der Waals surface area contributed by atoms with Crippen molar-refractivity contribution in [3.8, 4) is 11.5 Å². The first-order chi connectivity index (χ1) is 15.3. The second-order valence-electron chi connectivity index (χ2n) is 7.67. The minimum absolute atomic E-state index is 0. The Morgan fingerprint density at radius 3 is 2.53 bits per heavy atom. The second-order valence-corrected chi connectivity index (χ2v) is 7.67. The summed E-state index contributed by atoms with van der Waals surface area (Å²) in [6, 6.07) is 22.8. The van der Waals surface area contributed by atoms with E-state index in [4.69, 9.17) is 9.40 Å². The summed E-state index contributed by atoms with van der Waals surface area (Å²) in [6.07, 6.45) is 0. The van der Waals surface area contributed by atoms with Crippen molar-refractivity contribution in [2.24, 2.45) is 0 Å². The number of aromatic nitrogens is 1. The fraction of sp³-hybridized carbons (Fsp3) is 0.200. The predicted octanol–water partition coefficient (Wildman–Crippen LogP) is 4.57. The molecular formula is C25H25ClN4O2. The lowest BCUT2D eigenvalue weighted by Crippen LogP contribution is -2.42. The van der Waals surface area contributed by atoms with Crippen LogP contribution in [0.5, 0.6) is 0 Å². The second kappa shape index (κ2) is 9.96. The fourth-order valence-electron chi connectivity index (χ4n) is 3.92. The number of oxazole rings is 1. The van der Waals surface area contributed by atoms with Crippen LogP contribution in [0, 0.1) is 0 Å². The summed E-state index contributed by atoms with van der Waals surface area (Å²) in [5.41, 5.74) is 4.82. The van der Waals surface area contributed by atoms with E-state index < -0.39 is 0 Å². The van der Waals surface area contributed by atoms with E-state index in [1.165, 1.54) is 0 Å². The van der Waals surface area contributed by atoms with E-state index in [1.54, 1.807) is 12.1 Å². The number of anilines is 1. The Bertz CT molecular complexity index is 1200. The molecule has 1 aromatic heterocycles. The number of para-hydroxylation sites is 2. The summed E-state index contributed by atoms with van der Waals surface area (Å²) < 4.78 is 6.12. The highest BCUT2D eigenvalue weighted by atomic mass is 35.5. The van der Waals surface area contributed by atoms with Gasteiger partial charge in [0.15, 0.2) is 5.58 Å². The summed E-state index contributed by atoms with van der Waals surface area (Å²) in [5, 5.41) is 6.38. The van der Waals surface area contributed by atoms with Gasteiger partial charge in [-0.15, -0.1) is 12.4 Å². The standard InChI is InChI=1S/C25H24N4O2.ClH/c30-24(18-7-2-1-3-8-18)27-21-11-5-4-10-20(21)25-28-23-19(9-6-12-22(23)31-25)17-29-15-13-26-14-16-29;/h1-12,26H,13-17H2,(H,27,30);1H. The first kappa shape index (κ1) is 22.0. The maximum atomic E-state index is 12.7. The zero-order chi connectivity index (χ0) is 21.0. The van der Waals surface area contributed by atoms with Crippen LogP contribution in [0.4, 0.5) is 5.69 Å². The smallest absolute Gasteiger partial charge is 0.255 e. The fourth-order valence-corrected chi connectivity index (χ4v) is 3.92. The molecule has 0 unspecified atom stereocenters. The Kier molecular flexibility index (Phi) is 6.85. The van der Waals surface area contributed by atoms with Gasteiger partial charge in [0.05, 0.1) is 11.3 Å². The molecule has 2 heterocycles. The molecule has 0 spiro atoms. The Labute approximate surface area is 193 Å². The molecule has 0 aliphatic carbocycles. The van der Waals surface area contributed by atoms with Crippen LogP contribution in [0.15, 0.2) is 77.2 Å². The average molecular weight is 449 g/mol. The lowest BCUT2D eigenvalue weighted by molar-refractivity contribution is 0.102. The molecule has 7 heteroatoms. The minimum Gasteiger partial charge on any atom is -0.436 e. The number of hydrogen-bond donors (Lipinski definition) is 2. The van der Waals surface area contributed by atoms with Crippen molar-refractivity contribution >= 4 is 35.1 Å². The van der Waals surface area contributed by atoms with E-state index in [9.17, 15) is 4.79 Å². The number of fused-ring (bicyclic) bond motifs is 1. The molecule has 0 saturated carbocycles. The van der Waals surface area contributed by atoms with Gasteiger partial charge in [0.25, 0.3) is 5.91 Å². The van der Waals surface area contributed by atoms with Crippen molar-refractivity contribution in [1.29, 1.82) is 0 Å². The Morgan fingerprint density at radius 1 is 0.969 bits per heavy atom. The molecule has 1 aliphatic heterocycles. The third-order valence-corrected chi connectivity index (χ3v) is 5.55. The molecule has 5 rings (SSSR count). The van der Waals surface area contributed by atoms with Crippen molar-refractivity contribution in [3.05, 3.63) is 83.9 Å². The molecule has 0 radical (unpaired) electrons. The molecule has 0 atom stereocenters. The molecule has 1 saturated heterocycles. The van der Waals surface area contributed by atoms with Crippen molar-refractivity contribution in [3.63, 3.8) is 0 Å². The van der Waals surface area contributed by atoms with Crippen molar-refractivity contribution in [2.45, 2.75) is 6.54 Å². The number of amides is 1. The van der Waals surface area contributed by atoms with Gasteiger partial charge in [-0.3, -0.25) is 9.69 Å². The highest BCUT2D eigenvalue weighted by Gasteiger charge is 2.18. The SMILES string of the molecule is Cl.O=C(Nc1ccccc1-c1nc2c(CN3CCNCC3)cccc2o1)c1ccccc1. The molecule has 6 nitrogen and oxygen atoms in total. The molecule has 1 fully saturated rings. The lowest BCUT2D eigenvalue weighted by atomic mass is 10.1. The largest absolute Gasteiger partial charge is 0.436 e. The van der Waals surface area contributed by atoms with Crippen molar-refractivity contribution in [1.82, 2.24) is 15.2 Å². The van der Waals surface area contributed by atoms with Gasteiger partial charge in [-0.1, -0.05) is 42.5 Å². The molecule has 1 amide bonds. The maximum absolute atomic E-state index is 12.7. The Morgan fingerprint density at radius 2 is 1.72 bits per heavy atom. The van der Waals surface area contributed by atoms with Gasteiger partial charge < -0.3 is 15.1 Å². The van der Waals surface area contributed by atoms with E-state index in [0.29, 0.717) is 17.1 Å². The first-order valence-electron chi connectivity index (χ1n) is 10.6. The number of rotatable bonds is 5. The van der Waals surface area contributed by atoms with Crippen LogP contribution in [-0.2, 0) is 6.54 Å². The number of halogens is 1. The summed E-state index contributed by atoms with van der Waals surface area (Å²) >= 11 is 0. The molecule has 3 aromatic carbocycles. The summed E-state index contributed by atoms with van der Waals surface area (Å²) in [6.45, 7) is 4.91. The number of benzene rings is 3. The summed E-state index contributed by atoms with van der Waals surface area (Å²) in [7, 11) is 0. The lowest BCUT2D eigenvalue weighted by Gasteiger charge is -2.27. The van der Waals surface area contributed by atoms with Gasteiger partial charge in [0, 0.05) is 38.3 Å². The normalized spacial score (nSPS) is 14.1. The van der Waals surface area contributed by atoms with Crippen LogP contribution in [0.3, 0.4) is 0 Å². The first-order valence-corrected chi connectivity index (χ1v) is 10.6. The minimum atomic E-state index is -0.163. The third kappa shape index (κ3) is 4.67. The van der Waals surface area contributed by atoms with Gasteiger partial charge in [0.1, 0.15) is 5.52 Å². The van der Waals surface area contributed by atoms with Gasteiger partial charge in [-0.2, -0.15) is 0 Å². The quantitative estimate of drug-likeness (QED) is 0.468. The molecule has 4 aromatic rings. The van der Waals surface area contributed by atoms with Crippen LogP contribution in [0.2, 0.25) is 0 Å². The number of nitrogens with one attached hydrogen (secondary N) is 2. The Balaban J connectivity index is 0.00000245. The summed E-state index contributed by atoms with van der Waals surface area (Å²) in [4.78, 5) is 19.9. The number of nitrogens with zero attached hydrogens (tertiary/aromatic N) is 2. The van der Waals surface area contributed by atoms with Crippen LogP contribution >= 0.6 is 12.4 Å². The molecule has 164 valence electrons. The zero-order valence-electron chi connectivity index (χ0n) is 17.6. The van der Waals surface area contributed by atoms with Crippen LogP contribution in [-0.4, -0.2) is 42.0 Å². The van der Waals surface area contributed by atoms with E-state index in [1.807, 2.05) is 54.6 Å². The number of hydrogen-bond acceptors (Lipinski definition) is 5. The molecule has 32 heavy (non-hydrogen) atoms. The van der Waals surface area contributed by atoms with Gasteiger partial charge in [-0.05, 0) is 35.9 Å². The third-order valence-electron chi connectivity index (χ3n) is 5.55. The highest BCUT2D eigenvalue weighted by molar-refractivity contribution is 6.06. The monoisotopic (exact) mass is 448 g/mol. The van der Waals surface area contributed by atoms with Gasteiger partial charge in [0.2, 0.25) is 5.89 Å². The van der Waals surface area contributed by atoms with E-state index in [2.05, 4.69) is 21.6 Å². The molecular weight excluding hydrogens is 424 g/mol. The number of carbonyl (C=O) groups is 1. The topological polar surface area (TPSA) is 70.4 Å². The zero-order valence-corrected chi connectivity index (χ0v) is 18.4. The van der Waals surface area contributed by atoms with Gasteiger partial charge in [-0.25, -0.2) is 4.98 Å². The van der Waals surface area contributed by atoms with Crippen molar-refractivity contribution < 1.29 is 9.21 Å². The van der Waals surface area contributed by atoms with Gasteiger partial charge >= 0.3 is 0 Å². The van der Waals surface area contributed by atoms with E-state index in [0.717, 1.165) is 55.0 Å². The summed E-state index contributed by atoms with van der Waals surface area (Å²) in [5.74, 6) is 0.343. The highest BCUT2D eigenvalue weighted by Crippen LogP contribution is 2.32. The van der Waals surface area contributed by atoms with E-state index in [-0.39, 0.29) is 18.3 Å². The van der Waals surface area contributed by atoms with Crippen LogP contribution in [0.25, 0.3) is 22.6 Å². The van der Waals surface area contributed by atoms with E-state index >= 15 is 0 Å². The molecule has 1 aliphatic rings. The molecule has 0 bridgehead atoms. The van der Waals surface area contributed by atoms with Crippen LogP contribution in [0.1, 0.15) is 15.9 Å². The van der Waals surface area contributed by atoms with Crippen LogP contribution < -0.4 is 10.6 Å².